The molecule has 0 atom stereocenters. The third-order valence-corrected chi connectivity index (χ3v) is 5.43. The number of hydrogen-bond acceptors (Lipinski definition) is 5. The van der Waals surface area contributed by atoms with Crippen LogP contribution in [-0.2, 0) is 17.8 Å². The van der Waals surface area contributed by atoms with Crippen LogP contribution in [0.4, 0.5) is 0 Å². The highest BCUT2D eigenvalue weighted by molar-refractivity contribution is 5.93. The van der Waals surface area contributed by atoms with E-state index >= 15 is 0 Å². The minimum absolute atomic E-state index is 0.0761. The molecule has 158 valence electrons. The number of fused-ring (bicyclic) bond motifs is 2. The number of aromatic amines is 1. The van der Waals surface area contributed by atoms with Crippen LogP contribution in [0.25, 0.3) is 28.1 Å². The third-order valence-electron chi connectivity index (χ3n) is 5.43. The molecule has 0 bridgehead atoms. The van der Waals surface area contributed by atoms with Gasteiger partial charge in [-0.05, 0) is 37.1 Å². The Morgan fingerprint density at radius 2 is 2.06 bits per heavy atom. The first kappa shape index (κ1) is 20.4. The Kier molecular flexibility index (Phi) is 5.33. The Balaban J connectivity index is 1.54. The number of rotatable bonds is 5. The maximum Gasteiger partial charge on any atom is 0.256 e. The normalized spacial score (nSPS) is 11.6. The smallest absolute Gasteiger partial charge is 0.256 e. The Labute approximate surface area is 178 Å². The number of nitrogens with zero attached hydrogens (tertiary/aromatic N) is 2. The van der Waals surface area contributed by atoms with Gasteiger partial charge in [-0.25, -0.2) is 4.98 Å². The van der Waals surface area contributed by atoms with Crippen molar-refractivity contribution in [1.29, 1.82) is 0 Å². The molecule has 7 heteroatoms. The van der Waals surface area contributed by atoms with Crippen LogP contribution >= 0.6 is 0 Å². The highest BCUT2D eigenvalue weighted by Crippen LogP contribution is 2.26. The van der Waals surface area contributed by atoms with Crippen LogP contribution in [0.1, 0.15) is 29.4 Å². The van der Waals surface area contributed by atoms with Crippen molar-refractivity contribution in [3.8, 4) is 5.75 Å². The molecule has 1 aromatic carbocycles. The second kappa shape index (κ2) is 8.10. The molecule has 0 saturated heterocycles. The molecule has 31 heavy (non-hydrogen) atoms. The van der Waals surface area contributed by atoms with Crippen LogP contribution in [-0.4, -0.2) is 32.9 Å². The van der Waals surface area contributed by atoms with Crippen molar-refractivity contribution >= 4 is 34.0 Å². The predicted molar refractivity (Wildman–Crippen MR) is 120 cm³/mol. The largest absolute Gasteiger partial charge is 0.507 e. The quantitative estimate of drug-likeness (QED) is 0.480. The van der Waals surface area contributed by atoms with Crippen LogP contribution in [0.5, 0.6) is 5.75 Å². The van der Waals surface area contributed by atoms with Crippen LogP contribution in [0.2, 0.25) is 0 Å². The van der Waals surface area contributed by atoms with Crippen molar-refractivity contribution in [2.45, 2.75) is 26.8 Å². The average Bonchev–Trinajstić information content (AvgIpc) is 3.08. The number of aryl methyl sites for hydroxylation is 1. The fraction of sp³-hybridized carbons (Fsp3) is 0.208. The first-order valence-electron chi connectivity index (χ1n) is 10.0. The molecule has 4 rings (SSSR count). The average molecular weight is 417 g/mol. The number of benzene rings is 1. The van der Waals surface area contributed by atoms with Crippen LogP contribution in [0.3, 0.4) is 0 Å². The van der Waals surface area contributed by atoms with Gasteiger partial charge in [0.15, 0.2) is 0 Å². The number of carbonyl (C=O) groups is 1. The van der Waals surface area contributed by atoms with Crippen molar-refractivity contribution in [2.24, 2.45) is 0 Å². The fourth-order valence-corrected chi connectivity index (χ4v) is 3.60. The SMILES string of the molecule is CCc1c(O)c2cc(/C=C/C(=O)N(C)Cc3oc4ccccc4c3C)cnc2[nH]c1=O. The molecule has 0 saturated carbocycles. The zero-order valence-corrected chi connectivity index (χ0v) is 17.6. The summed E-state index contributed by atoms with van der Waals surface area (Å²) in [7, 11) is 1.71. The summed E-state index contributed by atoms with van der Waals surface area (Å²) in [6.45, 7) is 4.13. The van der Waals surface area contributed by atoms with Gasteiger partial charge in [-0.3, -0.25) is 9.59 Å². The van der Waals surface area contributed by atoms with Gasteiger partial charge in [0.2, 0.25) is 5.91 Å². The number of aromatic hydroxyl groups is 1. The van der Waals surface area contributed by atoms with Crippen molar-refractivity contribution in [3.05, 3.63) is 75.4 Å². The summed E-state index contributed by atoms with van der Waals surface area (Å²) in [4.78, 5) is 33.0. The number of hydrogen-bond donors (Lipinski definition) is 2. The molecule has 3 heterocycles. The summed E-state index contributed by atoms with van der Waals surface area (Å²) < 4.78 is 5.89. The van der Waals surface area contributed by atoms with Gasteiger partial charge in [-0.1, -0.05) is 25.1 Å². The van der Waals surface area contributed by atoms with Crippen molar-refractivity contribution in [1.82, 2.24) is 14.9 Å². The van der Waals surface area contributed by atoms with E-state index in [9.17, 15) is 14.7 Å². The Morgan fingerprint density at radius 3 is 2.81 bits per heavy atom. The number of nitrogens with one attached hydrogen (secondary N) is 1. The summed E-state index contributed by atoms with van der Waals surface area (Å²) in [5.41, 5.74) is 2.74. The molecule has 0 fully saturated rings. The van der Waals surface area contributed by atoms with E-state index in [4.69, 9.17) is 4.42 Å². The van der Waals surface area contributed by atoms with Crippen LogP contribution < -0.4 is 5.56 Å². The molecule has 2 N–H and O–H groups in total. The van der Waals surface area contributed by atoms with Gasteiger partial charge in [0, 0.05) is 30.3 Å². The number of likely N-dealkylation sites (N-methyl/N-ethyl adjacent to an activating group) is 1. The first-order chi connectivity index (χ1) is 14.9. The van der Waals surface area contributed by atoms with Crippen molar-refractivity contribution < 1.29 is 14.3 Å². The van der Waals surface area contributed by atoms with Crippen molar-refractivity contribution in [3.63, 3.8) is 0 Å². The highest BCUT2D eigenvalue weighted by Gasteiger charge is 2.15. The second-order valence-corrected chi connectivity index (χ2v) is 7.47. The van der Waals surface area contributed by atoms with Gasteiger partial charge in [0.1, 0.15) is 22.7 Å². The molecule has 0 aliphatic heterocycles. The Morgan fingerprint density at radius 1 is 1.29 bits per heavy atom. The molecule has 0 aliphatic carbocycles. The van der Waals surface area contributed by atoms with E-state index < -0.39 is 0 Å². The predicted octanol–water partition coefficient (Wildman–Crippen LogP) is 3.92. The van der Waals surface area contributed by atoms with E-state index in [0.29, 0.717) is 35.1 Å². The molecule has 3 aromatic heterocycles. The summed E-state index contributed by atoms with van der Waals surface area (Å²) in [6, 6.07) is 9.48. The molecule has 0 spiro atoms. The number of H-pyrrole nitrogens is 1. The number of aromatic nitrogens is 2. The topological polar surface area (TPSA) is 99.4 Å². The Hall–Kier alpha value is -3.87. The first-order valence-corrected chi connectivity index (χ1v) is 10.0. The van der Waals surface area contributed by atoms with Gasteiger partial charge in [-0.2, -0.15) is 0 Å². The van der Waals surface area contributed by atoms with Crippen molar-refractivity contribution in [2.75, 3.05) is 7.05 Å². The zero-order valence-electron chi connectivity index (χ0n) is 17.6. The summed E-state index contributed by atoms with van der Waals surface area (Å²) in [6.07, 6.45) is 5.02. The lowest BCUT2D eigenvalue weighted by atomic mass is 10.1. The van der Waals surface area contributed by atoms with E-state index in [1.165, 1.54) is 12.3 Å². The molecule has 4 aromatic rings. The van der Waals surface area contributed by atoms with Gasteiger partial charge in [0.25, 0.3) is 5.56 Å². The minimum Gasteiger partial charge on any atom is -0.507 e. The van der Waals surface area contributed by atoms with Gasteiger partial charge < -0.3 is 19.4 Å². The lowest BCUT2D eigenvalue weighted by Crippen LogP contribution is -2.24. The van der Waals surface area contributed by atoms with E-state index in [2.05, 4.69) is 9.97 Å². The molecular formula is C24H23N3O4. The summed E-state index contributed by atoms with van der Waals surface area (Å²) in [5, 5.41) is 11.9. The summed E-state index contributed by atoms with van der Waals surface area (Å²) >= 11 is 0. The maximum atomic E-state index is 12.6. The number of carbonyl (C=O) groups excluding carboxylic acids is 1. The monoisotopic (exact) mass is 417 g/mol. The summed E-state index contributed by atoms with van der Waals surface area (Å²) in [5.74, 6) is 0.478. The van der Waals surface area contributed by atoms with E-state index in [0.717, 1.165) is 22.3 Å². The second-order valence-electron chi connectivity index (χ2n) is 7.47. The fourth-order valence-electron chi connectivity index (χ4n) is 3.60. The van der Waals surface area contributed by atoms with Gasteiger partial charge in [0.05, 0.1) is 17.5 Å². The third kappa shape index (κ3) is 3.82. The lowest BCUT2D eigenvalue weighted by Gasteiger charge is -2.13. The number of furan rings is 1. The molecule has 0 aliphatic rings. The standard InChI is InChI=1S/C24H23N3O4/c1-4-16-22(29)18-11-15(12-25-23(18)26-24(16)30)9-10-21(28)27(3)13-20-14(2)17-7-5-6-8-19(17)31-20/h5-12H,4,13H2,1-3H3,(H2,25,26,29,30)/b10-9+. The zero-order chi connectivity index (χ0) is 22.1. The highest BCUT2D eigenvalue weighted by atomic mass is 16.3. The van der Waals surface area contributed by atoms with Gasteiger partial charge >= 0.3 is 0 Å². The van der Waals surface area contributed by atoms with Crippen LogP contribution in [0.15, 0.2) is 51.8 Å². The number of pyridine rings is 2. The Bertz CT molecular complexity index is 1380. The molecule has 7 nitrogen and oxygen atoms in total. The maximum absolute atomic E-state index is 12.6. The lowest BCUT2D eigenvalue weighted by molar-refractivity contribution is -0.125. The van der Waals surface area contributed by atoms with E-state index in [-0.39, 0.29) is 17.2 Å². The minimum atomic E-state index is -0.346. The van der Waals surface area contributed by atoms with E-state index in [1.54, 1.807) is 31.0 Å². The van der Waals surface area contributed by atoms with E-state index in [1.807, 2.05) is 31.2 Å². The molecule has 1 amide bonds. The molecule has 0 unspecified atom stereocenters. The van der Waals surface area contributed by atoms with Gasteiger partial charge in [-0.15, -0.1) is 0 Å². The molecular weight excluding hydrogens is 394 g/mol. The number of amides is 1. The number of para-hydroxylation sites is 1. The molecule has 0 radical (unpaired) electrons. The van der Waals surface area contributed by atoms with Crippen LogP contribution in [0, 0.1) is 6.92 Å².